The van der Waals surface area contributed by atoms with Crippen LogP contribution in [0.1, 0.15) is 24.4 Å². The Kier molecular flexibility index (Phi) is 3.46. The molecule has 0 amide bonds. The van der Waals surface area contributed by atoms with Crippen LogP contribution in [0.2, 0.25) is 0 Å². The first-order valence-corrected chi connectivity index (χ1v) is 8.00. The standard InChI is InChI=1S/C17H20N6/c1-11-4-6-12(7-5-11)15-14-16(18)20-10-21-17(14)23(22-15)13-3-2-8-19-9-13/h4-7,10,13,19H,2-3,8-9H2,1H3,(H2,18,20,21)/t13-/m1/s1. The van der Waals surface area contributed by atoms with Gasteiger partial charge in [-0.15, -0.1) is 0 Å². The van der Waals surface area contributed by atoms with Gasteiger partial charge in [0.25, 0.3) is 0 Å². The van der Waals surface area contributed by atoms with Gasteiger partial charge in [0, 0.05) is 12.1 Å². The molecule has 23 heavy (non-hydrogen) atoms. The normalized spacial score (nSPS) is 18.4. The first-order chi connectivity index (χ1) is 11.2. The van der Waals surface area contributed by atoms with E-state index in [4.69, 9.17) is 10.8 Å². The van der Waals surface area contributed by atoms with Gasteiger partial charge in [-0.05, 0) is 26.3 Å². The molecule has 1 saturated heterocycles. The molecule has 3 aromatic rings. The molecule has 3 heterocycles. The lowest BCUT2D eigenvalue weighted by Crippen LogP contribution is -2.32. The summed E-state index contributed by atoms with van der Waals surface area (Å²) in [5.41, 5.74) is 10.1. The van der Waals surface area contributed by atoms with E-state index >= 15 is 0 Å². The minimum absolute atomic E-state index is 0.305. The molecule has 0 bridgehead atoms. The van der Waals surface area contributed by atoms with Crippen molar-refractivity contribution in [2.75, 3.05) is 18.8 Å². The number of hydrogen-bond donors (Lipinski definition) is 2. The van der Waals surface area contributed by atoms with E-state index in [1.54, 1.807) is 0 Å². The van der Waals surface area contributed by atoms with Crippen molar-refractivity contribution in [3.63, 3.8) is 0 Å². The molecule has 0 spiro atoms. The summed E-state index contributed by atoms with van der Waals surface area (Å²) in [4.78, 5) is 8.63. The topological polar surface area (TPSA) is 81.7 Å². The lowest BCUT2D eigenvalue weighted by molar-refractivity contribution is 0.354. The fraction of sp³-hybridized carbons (Fsp3) is 0.353. The molecule has 6 nitrogen and oxygen atoms in total. The van der Waals surface area contributed by atoms with E-state index in [1.165, 1.54) is 11.9 Å². The smallest absolute Gasteiger partial charge is 0.164 e. The maximum absolute atomic E-state index is 6.15. The van der Waals surface area contributed by atoms with Crippen LogP contribution in [-0.4, -0.2) is 32.8 Å². The third kappa shape index (κ3) is 2.45. The molecule has 2 aromatic heterocycles. The van der Waals surface area contributed by atoms with Crippen molar-refractivity contribution in [2.45, 2.75) is 25.8 Å². The fourth-order valence-electron chi connectivity index (χ4n) is 3.21. The molecule has 0 unspecified atom stereocenters. The van der Waals surface area contributed by atoms with Crippen LogP contribution in [-0.2, 0) is 0 Å². The number of nitrogens with two attached hydrogens (primary N) is 1. The van der Waals surface area contributed by atoms with Crippen molar-refractivity contribution in [3.05, 3.63) is 36.2 Å². The summed E-state index contributed by atoms with van der Waals surface area (Å²) in [5.74, 6) is 0.487. The highest BCUT2D eigenvalue weighted by Gasteiger charge is 2.23. The van der Waals surface area contributed by atoms with Crippen molar-refractivity contribution in [3.8, 4) is 11.3 Å². The first-order valence-electron chi connectivity index (χ1n) is 8.00. The van der Waals surface area contributed by atoms with Crippen LogP contribution in [0.15, 0.2) is 30.6 Å². The van der Waals surface area contributed by atoms with E-state index in [9.17, 15) is 0 Å². The van der Waals surface area contributed by atoms with Crippen LogP contribution in [0.4, 0.5) is 5.82 Å². The zero-order chi connectivity index (χ0) is 15.8. The van der Waals surface area contributed by atoms with Crippen LogP contribution in [0.25, 0.3) is 22.3 Å². The van der Waals surface area contributed by atoms with Gasteiger partial charge in [-0.2, -0.15) is 5.10 Å². The molecular weight excluding hydrogens is 288 g/mol. The summed E-state index contributed by atoms with van der Waals surface area (Å²) in [6.45, 7) is 4.05. The van der Waals surface area contributed by atoms with Crippen LogP contribution in [0, 0.1) is 6.92 Å². The number of rotatable bonds is 2. The van der Waals surface area contributed by atoms with E-state index in [0.29, 0.717) is 11.9 Å². The number of benzene rings is 1. The summed E-state index contributed by atoms with van der Waals surface area (Å²) >= 11 is 0. The Morgan fingerprint density at radius 3 is 2.78 bits per heavy atom. The van der Waals surface area contributed by atoms with E-state index in [0.717, 1.165) is 48.2 Å². The number of fused-ring (bicyclic) bond motifs is 1. The molecule has 0 aliphatic carbocycles. The number of nitrogens with zero attached hydrogens (tertiary/aromatic N) is 4. The Morgan fingerprint density at radius 2 is 2.04 bits per heavy atom. The Labute approximate surface area is 134 Å². The zero-order valence-electron chi connectivity index (χ0n) is 13.2. The fourth-order valence-corrected chi connectivity index (χ4v) is 3.21. The van der Waals surface area contributed by atoms with Gasteiger partial charge in [0.15, 0.2) is 5.65 Å². The Balaban J connectivity index is 1.91. The van der Waals surface area contributed by atoms with Gasteiger partial charge in [0.2, 0.25) is 0 Å². The Bertz CT molecular complexity index is 830. The van der Waals surface area contributed by atoms with Gasteiger partial charge in [0.1, 0.15) is 17.8 Å². The number of nitrogen functional groups attached to an aromatic ring is 1. The molecule has 3 N–H and O–H groups in total. The quantitative estimate of drug-likeness (QED) is 0.759. The molecule has 1 fully saturated rings. The van der Waals surface area contributed by atoms with Crippen molar-refractivity contribution < 1.29 is 0 Å². The first kappa shape index (κ1) is 14.1. The number of hydrogen-bond acceptors (Lipinski definition) is 5. The summed E-state index contributed by atoms with van der Waals surface area (Å²) < 4.78 is 2.02. The number of aryl methyl sites for hydroxylation is 1. The highest BCUT2D eigenvalue weighted by Crippen LogP contribution is 2.32. The molecule has 1 aromatic carbocycles. The molecular formula is C17H20N6. The van der Waals surface area contributed by atoms with E-state index in [-0.39, 0.29) is 0 Å². The van der Waals surface area contributed by atoms with Gasteiger partial charge in [0.05, 0.1) is 11.4 Å². The molecule has 0 radical (unpaired) electrons. The molecule has 1 atom stereocenters. The summed E-state index contributed by atoms with van der Waals surface area (Å²) in [7, 11) is 0. The summed E-state index contributed by atoms with van der Waals surface area (Å²) in [5, 5.41) is 9.15. The van der Waals surface area contributed by atoms with E-state index in [2.05, 4.69) is 46.5 Å². The molecule has 1 aliphatic heterocycles. The predicted molar refractivity (Wildman–Crippen MR) is 91.0 cm³/mol. The van der Waals surface area contributed by atoms with Crippen LogP contribution in [0.3, 0.4) is 0 Å². The lowest BCUT2D eigenvalue weighted by Gasteiger charge is -2.23. The number of nitrogens with one attached hydrogen (secondary N) is 1. The van der Waals surface area contributed by atoms with Crippen LogP contribution < -0.4 is 11.1 Å². The van der Waals surface area contributed by atoms with Crippen LogP contribution >= 0.6 is 0 Å². The van der Waals surface area contributed by atoms with Crippen molar-refractivity contribution in [1.29, 1.82) is 0 Å². The minimum atomic E-state index is 0.305. The van der Waals surface area contributed by atoms with Crippen molar-refractivity contribution in [1.82, 2.24) is 25.1 Å². The highest BCUT2D eigenvalue weighted by molar-refractivity contribution is 5.98. The maximum atomic E-state index is 6.15. The summed E-state index contributed by atoms with van der Waals surface area (Å²) in [6, 6.07) is 8.63. The van der Waals surface area contributed by atoms with E-state index in [1.807, 2.05) is 4.68 Å². The zero-order valence-corrected chi connectivity index (χ0v) is 13.2. The molecule has 118 valence electrons. The van der Waals surface area contributed by atoms with Gasteiger partial charge < -0.3 is 11.1 Å². The lowest BCUT2D eigenvalue weighted by atomic mass is 10.1. The largest absolute Gasteiger partial charge is 0.383 e. The molecule has 0 saturated carbocycles. The van der Waals surface area contributed by atoms with Crippen molar-refractivity contribution >= 4 is 16.9 Å². The van der Waals surface area contributed by atoms with Gasteiger partial charge in [-0.25, -0.2) is 14.6 Å². The van der Waals surface area contributed by atoms with Crippen LogP contribution in [0.5, 0.6) is 0 Å². The molecule has 4 rings (SSSR count). The third-order valence-corrected chi connectivity index (χ3v) is 4.46. The van der Waals surface area contributed by atoms with Crippen molar-refractivity contribution in [2.24, 2.45) is 0 Å². The number of anilines is 1. The second-order valence-electron chi connectivity index (χ2n) is 6.12. The Morgan fingerprint density at radius 1 is 1.22 bits per heavy atom. The molecule has 6 heteroatoms. The van der Waals surface area contributed by atoms with Gasteiger partial charge >= 0.3 is 0 Å². The average Bonchev–Trinajstić information content (AvgIpc) is 2.97. The van der Waals surface area contributed by atoms with Gasteiger partial charge in [-0.1, -0.05) is 29.8 Å². The Hall–Kier alpha value is -2.47. The predicted octanol–water partition coefficient (Wildman–Crippen LogP) is 2.31. The number of piperidine rings is 1. The van der Waals surface area contributed by atoms with Gasteiger partial charge in [-0.3, -0.25) is 0 Å². The molecule has 1 aliphatic rings. The SMILES string of the molecule is Cc1ccc(-c2nn([C@@H]3CCCNC3)c3ncnc(N)c23)cc1. The average molecular weight is 308 g/mol. The highest BCUT2D eigenvalue weighted by atomic mass is 15.3. The minimum Gasteiger partial charge on any atom is -0.383 e. The monoisotopic (exact) mass is 308 g/mol. The third-order valence-electron chi connectivity index (χ3n) is 4.46. The maximum Gasteiger partial charge on any atom is 0.164 e. The van der Waals surface area contributed by atoms with E-state index < -0.39 is 0 Å². The summed E-state index contributed by atoms with van der Waals surface area (Å²) in [6.07, 6.45) is 3.76. The second kappa shape index (κ2) is 5.62. The second-order valence-corrected chi connectivity index (χ2v) is 6.12. The number of aromatic nitrogens is 4.